The van der Waals surface area contributed by atoms with Crippen LogP contribution in [0.1, 0.15) is 11.7 Å². The number of rotatable bonds is 1. The first-order valence-corrected chi connectivity index (χ1v) is 3.83. The minimum Gasteiger partial charge on any atom is -0.348 e. The van der Waals surface area contributed by atoms with Crippen LogP contribution in [0.25, 0.3) is 0 Å². The Hall–Kier alpha value is -1.03. The lowest BCUT2D eigenvalue weighted by molar-refractivity contribution is 0.0938. The third kappa shape index (κ3) is 1.58. The summed E-state index contributed by atoms with van der Waals surface area (Å²) >= 11 is 5.64. The summed E-state index contributed by atoms with van der Waals surface area (Å²) in [7, 11) is 3.61. The van der Waals surface area contributed by atoms with Crippen molar-refractivity contribution >= 4 is 23.5 Å². The second-order valence-electron chi connectivity index (χ2n) is 2.65. The minimum atomic E-state index is -0.0990. The Labute approximate surface area is 75.8 Å². The van der Waals surface area contributed by atoms with Crippen LogP contribution >= 0.6 is 11.6 Å². The van der Waals surface area contributed by atoms with E-state index in [1.807, 2.05) is 0 Å². The van der Waals surface area contributed by atoms with E-state index in [1.54, 1.807) is 19.0 Å². The topological polar surface area (TPSA) is 38.1 Å². The van der Waals surface area contributed by atoms with Gasteiger partial charge < -0.3 is 4.90 Å². The molecule has 0 aliphatic heterocycles. The van der Waals surface area contributed by atoms with E-state index in [0.29, 0.717) is 11.1 Å². The van der Waals surface area contributed by atoms with Crippen LogP contribution in [0.3, 0.4) is 0 Å². The van der Waals surface area contributed by atoms with Crippen molar-refractivity contribution in [3.8, 4) is 0 Å². The number of halogens is 1. The molecule has 0 aromatic carbocycles. The molecule has 0 bridgehead atoms. The van der Waals surface area contributed by atoms with Crippen LogP contribution < -0.4 is 4.90 Å². The zero-order valence-electron chi connectivity index (χ0n) is 7.21. The van der Waals surface area contributed by atoms with Gasteiger partial charge in [-0.1, -0.05) is 11.6 Å². The van der Waals surface area contributed by atoms with E-state index in [4.69, 9.17) is 11.6 Å². The Morgan fingerprint density at radius 2 is 2.25 bits per heavy atom. The van der Waals surface area contributed by atoms with Gasteiger partial charge in [0.05, 0.1) is 6.20 Å². The van der Waals surface area contributed by atoms with Gasteiger partial charge in [0, 0.05) is 21.0 Å². The molecule has 0 N–H and O–H groups in total. The first-order chi connectivity index (χ1) is 5.52. The SMILES string of the molecule is CC(=O)n1cc(Cl)nc1N(C)C. The Morgan fingerprint density at radius 3 is 2.58 bits per heavy atom. The smallest absolute Gasteiger partial charge is 0.230 e. The number of anilines is 1. The molecular weight excluding hydrogens is 178 g/mol. The van der Waals surface area contributed by atoms with E-state index in [0.717, 1.165) is 0 Å². The molecule has 12 heavy (non-hydrogen) atoms. The summed E-state index contributed by atoms with van der Waals surface area (Å²) in [4.78, 5) is 16.7. The number of imidazole rings is 1. The summed E-state index contributed by atoms with van der Waals surface area (Å²) in [5, 5.41) is 0.328. The van der Waals surface area contributed by atoms with Gasteiger partial charge in [-0.25, -0.2) is 4.98 Å². The van der Waals surface area contributed by atoms with Gasteiger partial charge in [-0.2, -0.15) is 0 Å². The highest BCUT2D eigenvalue weighted by atomic mass is 35.5. The summed E-state index contributed by atoms with van der Waals surface area (Å²) in [6, 6.07) is 0. The lowest BCUT2D eigenvalue weighted by Gasteiger charge is -2.10. The number of aromatic nitrogens is 2. The Morgan fingerprint density at radius 1 is 1.67 bits per heavy atom. The predicted octanol–water partition coefficient (Wildman–Crippen LogP) is 1.26. The lowest BCUT2D eigenvalue weighted by Crippen LogP contribution is -2.17. The van der Waals surface area contributed by atoms with E-state index >= 15 is 0 Å². The van der Waals surface area contributed by atoms with Gasteiger partial charge in [-0.15, -0.1) is 0 Å². The predicted molar refractivity (Wildman–Crippen MR) is 47.9 cm³/mol. The summed E-state index contributed by atoms with van der Waals surface area (Å²) in [5.41, 5.74) is 0. The maximum absolute atomic E-state index is 11.0. The van der Waals surface area contributed by atoms with Crippen LogP contribution in [0.15, 0.2) is 6.20 Å². The van der Waals surface area contributed by atoms with Crippen LogP contribution in [-0.4, -0.2) is 29.6 Å². The average molecular weight is 188 g/mol. The first-order valence-electron chi connectivity index (χ1n) is 3.45. The first kappa shape index (κ1) is 9.06. The summed E-state index contributed by atoms with van der Waals surface area (Å²) in [6.45, 7) is 1.46. The molecule has 0 saturated heterocycles. The van der Waals surface area contributed by atoms with Crippen molar-refractivity contribution in [1.82, 2.24) is 9.55 Å². The van der Waals surface area contributed by atoms with Crippen molar-refractivity contribution in [2.45, 2.75) is 6.92 Å². The lowest BCUT2D eigenvalue weighted by atomic mass is 10.6. The molecular formula is C7H10ClN3O. The number of hydrogen-bond donors (Lipinski definition) is 0. The maximum Gasteiger partial charge on any atom is 0.230 e. The van der Waals surface area contributed by atoms with Gasteiger partial charge in [0.15, 0.2) is 0 Å². The molecule has 4 nitrogen and oxygen atoms in total. The molecule has 0 amide bonds. The standard InChI is InChI=1S/C7H10ClN3O/c1-5(12)11-4-6(8)9-7(11)10(2)3/h4H,1-3H3. The molecule has 0 unspecified atom stereocenters. The average Bonchev–Trinajstić information content (AvgIpc) is 2.31. The fraction of sp³-hybridized carbons (Fsp3) is 0.429. The van der Waals surface area contributed by atoms with Crippen molar-refractivity contribution in [3.05, 3.63) is 11.3 Å². The molecule has 0 fully saturated rings. The second kappa shape index (κ2) is 3.15. The van der Waals surface area contributed by atoms with Crippen molar-refractivity contribution < 1.29 is 4.79 Å². The quantitative estimate of drug-likeness (QED) is 0.665. The number of nitrogens with zero attached hydrogens (tertiary/aromatic N) is 3. The molecule has 0 aliphatic rings. The van der Waals surface area contributed by atoms with Gasteiger partial charge in [0.1, 0.15) is 5.15 Å². The highest BCUT2D eigenvalue weighted by Gasteiger charge is 2.10. The van der Waals surface area contributed by atoms with E-state index in [9.17, 15) is 4.79 Å². The highest BCUT2D eigenvalue weighted by Crippen LogP contribution is 2.14. The summed E-state index contributed by atoms with van der Waals surface area (Å²) in [5.74, 6) is 0.450. The van der Waals surface area contributed by atoms with Gasteiger partial charge in [-0.3, -0.25) is 9.36 Å². The monoisotopic (exact) mass is 187 g/mol. The highest BCUT2D eigenvalue weighted by molar-refractivity contribution is 6.29. The number of carbonyl (C=O) groups excluding carboxylic acids is 1. The molecule has 0 atom stereocenters. The zero-order valence-corrected chi connectivity index (χ0v) is 7.96. The van der Waals surface area contributed by atoms with Crippen LogP contribution in [0, 0.1) is 0 Å². The molecule has 66 valence electrons. The fourth-order valence-corrected chi connectivity index (χ4v) is 1.06. The van der Waals surface area contributed by atoms with Crippen LogP contribution in [0.2, 0.25) is 5.15 Å². The van der Waals surface area contributed by atoms with Crippen LogP contribution in [-0.2, 0) is 0 Å². The maximum atomic E-state index is 11.0. The Kier molecular flexibility index (Phi) is 2.38. The molecule has 1 aromatic rings. The third-order valence-electron chi connectivity index (χ3n) is 1.40. The molecule has 1 heterocycles. The zero-order chi connectivity index (χ0) is 9.30. The van der Waals surface area contributed by atoms with Crippen molar-refractivity contribution in [2.75, 3.05) is 19.0 Å². The number of hydrogen-bond acceptors (Lipinski definition) is 3. The Balaban J connectivity index is 3.17. The van der Waals surface area contributed by atoms with E-state index < -0.39 is 0 Å². The third-order valence-corrected chi connectivity index (χ3v) is 1.58. The van der Waals surface area contributed by atoms with E-state index in [-0.39, 0.29) is 5.91 Å². The van der Waals surface area contributed by atoms with Crippen molar-refractivity contribution in [1.29, 1.82) is 0 Å². The summed E-state index contributed by atoms with van der Waals surface area (Å²) in [6.07, 6.45) is 1.50. The van der Waals surface area contributed by atoms with Gasteiger partial charge in [-0.05, 0) is 0 Å². The van der Waals surface area contributed by atoms with Gasteiger partial charge >= 0.3 is 0 Å². The summed E-state index contributed by atoms with van der Waals surface area (Å²) < 4.78 is 1.41. The van der Waals surface area contributed by atoms with Crippen molar-refractivity contribution in [2.24, 2.45) is 0 Å². The minimum absolute atomic E-state index is 0.0990. The molecule has 0 saturated carbocycles. The normalized spacial score (nSPS) is 10.0. The van der Waals surface area contributed by atoms with Gasteiger partial charge in [0.25, 0.3) is 0 Å². The molecule has 0 spiro atoms. The van der Waals surface area contributed by atoms with Crippen molar-refractivity contribution in [3.63, 3.8) is 0 Å². The van der Waals surface area contributed by atoms with Gasteiger partial charge in [0.2, 0.25) is 11.9 Å². The molecule has 0 aliphatic carbocycles. The fourth-order valence-electron chi connectivity index (χ4n) is 0.890. The molecule has 1 aromatic heterocycles. The van der Waals surface area contributed by atoms with E-state index in [2.05, 4.69) is 4.98 Å². The molecule has 1 rings (SSSR count). The number of carbonyl (C=O) groups is 1. The van der Waals surface area contributed by atoms with Crippen LogP contribution in [0.4, 0.5) is 5.95 Å². The largest absolute Gasteiger partial charge is 0.348 e. The Bertz CT molecular complexity index is 306. The van der Waals surface area contributed by atoms with E-state index in [1.165, 1.54) is 17.7 Å². The molecule has 5 heteroatoms. The second-order valence-corrected chi connectivity index (χ2v) is 3.03. The molecule has 0 radical (unpaired) electrons. The van der Waals surface area contributed by atoms with Crippen LogP contribution in [0.5, 0.6) is 0 Å².